The Labute approximate surface area is 112 Å². The average Bonchev–Trinajstić information content (AvgIpc) is 2.91. The topological polar surface area (TPSA) is 33.6 Å². The van der Waals surface area contributed by atoms with E-state index in [9.17, 15) is 4.39 Å². The zero-order chi connectivity index (χ0) is 13.1. The summed E-state index contributed by atoms with van der Waals surface area (Å²) in [6.07, 6.45) is 3.05. The fourth-order valence-electron chi connectivity index (χ4n) is 2.73. The van der Waals surface area contributed by atoms with Gasteiger partial charge in [-0.05, 0) is 50.0 Å². The zero-order valence-corrected chi connectivity index (χ0v) is 10.9. The Bertz CT molecular complexity index is 452. The van der Waals surface area contributed by atoms with Gasteiger partial charge in [0, 0.05) is 5.92 Å². The number of nitrogens with one attached hydrogen (secondary N) is 1. The molecule has 0 amide bonds. The largest absolute Gasteiger partial charge is 0.478 e. The number of benzene rings is 1. The van der Waals surface area contributed by atoms with Crippen LogP contribution in [-0.4, -0.2) is 31.6 Å². The molecular weight excluding hydrogens is 243 g/mol. The van der Waals surface area contributed by atoms with Crippen LogP contribution in [0.2, 0.25) is 0 Å². The predicted molar refractivity (Wildman–Crippen MR) is 72.9 cm³/mol. The number of nitrogens with zero attached hydrogens (tertiary/aromatic N) is 1. The van der Waals surface area contributed by atoms with Crippen molar-refractivity contribution in [3.05, 3.63) is 35.6 Å². The van der Waals surface area contributed by atoms with Crippen LogP contribution in [0.25, 0.3) is 0 Å². The molecule has 0 spiro atoms. The summed E-state index contributed by atoms with van der Waals surface area (Å²) in [5.74, 6) is 1.23. The molecule has 0 radical (unpaired) electrons. The summed E-state index contributed by atoms with van der Waals surface area (Å²) in [4.78, 5) is 4.70. The summed E-state index contributed by atoms with van der Waals surface area (Å²) >= 11 is 0. The minimum absolute atomic E-state index is 0.190. The summed E-state index contributed by atoms with van der Waals surface area (Å²) in [7, 11) is 0. The highest BCUT2D eigenvalue weighted by Gasteiger charge is 2.27. The van der Waals surface area contributed by atoms with Gasteiger partial charge in [0.05, 0.1) is 6.04 Å². The number of halogens is 1. The van der Waals surface area contributed by atoms with Gasteiger partial charge in [-0.25, -0.2) is 9.38 Å². The van der Waals surface area contributed by atoms with Crippen molar-refractivity contribution in [3.63, 3.8) is 0 Å². The molecule has 3 nitrogen and oxygen atoms in total. The summed E-state index contributed by atoms with van der Waals surface area (Å²) in [6, 6.07) is 6.85. The molecule has 1 aromatic rings. The van der Waals surface area contributed by atoms with E-state index in [0.717, 1.165) is 43.8 Å². The first-order valence-electron chi connectivity index (χ1n) is 6.97. The highest BCUT2D eigenvalue weighted by molar-refractivity contribution is 5.80. The summed E-state index contributed by atoms with van der Waals surface area (Å²) in [5, 5.41) is 3.35. The summed E-state index contributed by atoms with van der Waals surface area (Å²) in [6.45, 7) is 2.77. The number of hydrogen-bond acceptors (Lipinski definition) is 3. The van der Waals surface area contributed by atoms with Crippen molar-refractivity contribution in [2.45, 2.75) is 25.3 Å². The molecule has 2 aliphatic rings. The van der Waals surface area contributed by atoms with E-state index in [1.165, 1.54) is 12.1 Å². The summed E-state index contributed by atoms with van der Waals surface area (Å²) < 4.78 is 18.6. The second kappa shape index (κ2) is 5.70. The van der Waals surface area contributed by atoms with Gasteiger partial charge in [0.25, 0.3) is 0 Å². The maximum absolute atomic E-state index is 12.8. The van der Waals surface area contributed by atoms with Gasteiger partial charge in [0.15, 0.2) is 5.90 Å². The number of rotatable bonds is 3. The smallest absolute Gasteiger partial charge is 0.186 e. The van der Waals surface area contributed by atoms with Crippen LogP contribution in [0.15, 0.2) is 29.3 Å². The highest BCUT2D eigenvalue weighted by Crippen LogP contribution is 2.21. The Morgan fingerprint density at radius 3 is 2.68 bits per heavy atom. The van der Waals surface area contributed by atoms with Crippen LogP contribution in [0.1, 0.15) is 18.4 Å². The monoisotopic (exact) mass is 262 g/mol. The predicted octanol–water partition coefficient (Wildman–Crippen LogP) is 2.17. The maximum atomic E-state index is 12.8. The first-order valence-corrected chi connectivity index (χ1v) is 6.97. The third-order valence-electron chi connectivity index (χ3n) is 3.81. The normalized spacial score (nSPS) is 24.1. The molecule has 0 aliphatic carbocycles. The lowest BCUT2D eigenvalue weighted by Crippen LogP contribution is -2.31. The van der Waals surface area contributed by atoms with Gasteiger partial charge >= 0.3 is 0 Å². The van der Waals surface area contributed by atoms with E-state index in [2.05, 4.69) is 5.32 Å². The Morgan fingerprint density at radius 2 is 1.95 bits per heavy atom. The molecule has 0 bridgehead atoms. The van der Waals surface area contributed by atoms with Crippen molar-refractivity contribution in [2.75, 3.05) is 19.7 Å². The molecule has 1 unspecified atom stereocenters. The molecule has 2 heterocycles. The molecular formula is C15H19FN2O. The molecule has 1 atom stereocenters. The maximum Gasteiger partial charge on any atom is 0.186 e. The Hall–Kier alpha value is -1.42. The van der Waals surface area contributed by atoms with Crippen LogP contribution in [0.5, 0.6) is 0 Å². The van der Waals surface area contributed by atoms with Crippen LogP contribution in [0.3, 0.4) is 0 Å². The van der Waals surface area contributed by atoms with Crippen molar-refractivity contribution in [3.8, 4) is 0 Å². The van der Waals surface area contributed by atoms with Crippen molar-refractivity contribution >= 4 is 5.90 Å². The van der Waals surface area contributed by atoms with E-state index in [1.807, 2.05) is 12.1 Å². The van der Waals surface area contributed by atoms with E-state index in [-0.39, 0.29) is 11.9 Å². The van der Waals surface area contributed by atoms with Gasteiger partial charge < -0.3 is 10.1 Å². The third kappa shape index (κ3) is 3.13. The average molecular weight is 262 g/mol. The Kier molecular flexibility index (Phi) is 3.78. The lowest BCUT2D eigenvalue weighted by molar-refractivity contribution is 0.284. The number of ether oxygens (including phenoxy) is 1. The van der Waals surface area contributed by atoms with Crippen LogP contribution in [0, 0.1) is 11.7 Å². The zero-order valence-electron chi connectivity index (χ0n) is 10.9. The second-order valence-corrected chi connectivity index (χ2v) is 5.29. The molecule has 3 rings (SSSR count). The van der Waals surface area contributed by atoms with E-state index in [1.54, 1.807) is 0 Å². The van der Waals surface area contributed by atoms with Crippen molar-refractivity contribution < 1.29 is 9.13 Å². The Balaban J connectivity index is 1.60. The van der Waals surface area contributed by atoms with Crippen molar-refractivity contribution in [2.24, 2.45) is 10.9 Å². The fourth-order valence-corrected chi connectivity index (χ4v) is 2.73. The van der Waals surface area contributed by atoms with Crippen LogP contribution >= 0.6 is 0 Å². The molecule has 1 aromatic carbocycles. The molecule has 4 heteroatoms. The van der Waals surface area contributed by atoms with Crippen molar-refractivity contribution in [1.29, 1.82) is 0 Å². The van der Waals surface area contributed by atoms with Crippen LogP contribution in [-0.2, 0) is 11.2 Å². The van der Waals surface area contributed by atoms with Gasteiger partial charge in [-0.1, -0.05) is 12.1 Å². The second-order valence-electron chi connectivity index (χ2n) is 5.29. The van der Waals surface area contributed by atoms with E-state index < -0.39 is 0 Å². The van der Waals surface area contributed by atoms with Gasteiger partial charge in [0.1, 0.15) is 12.4 Å². The van der Waals surface area contributed by atoms with Crippen LogP contribution in [0.4, 0.5) is 4.39 Å². The summed E-state index contributed by atoms with van der Waals surface area (Å²) in [5.41, 5.74) is 1.12. The fraction of sp³-hybridized carbons (Fsp3) is 0.533. The standard InChI is InChI=1S/C15H19FN2O/c16-13-3-1-11(2-4-13)9-14-10-19-15(18-14)12-5-7-17-8-6-12/h1-4,12,14,17H,5-10H2. The molecule has 102 valence electrons. The first kappa shape index (κ1) is 12.6. The highest BCUT2D eigenvalue weighted by atomic mass is 19.1. The molecule has 19 heavy (non-hydrogen) atoms. The minimum atomic E-state index is -0.190. The number of aliphatic imine (C=N–C) groups is 1. The van der Waals surface area contributed by atoms with Crippen molar-refractivity contribution in [1.82, 2.24) is 5.32 Å². The quantitative estimate of drug-likeness (QED) is 0.905. The number of hydrogen-bond donors (Lipinski definition) is 1. The molecule has 0 saturated carbocycles. The van der Waals surface area contributed by atoms with Gasteiger partial charge in [-0.2, -0.15) is 0 Å². The van der Waals surface area contributed by atoms with Gasteiger partial charge in [0.2, 0.25) is 0 Å². The first-order chi connectivity index (χ1) is 9.31. The van der Waals surface area contributed by atoms with Crippen LogP contribution < -0.4 is 5.32 Å². The molecule has 2 aliphatic heterocycles. The molecule has 1 N–H and O–H groups in total. The lowest BCUT2D eigenvalue weighted by atomic mass is 9.98. The number of piperidine rings is 1. The molecule has 0 aromatic heterocycles. The lowest BCUT2D eigenvalue weighted by Gasteiger charge is -2.21. The van der Waals surface area contributed by atoms with E-state index >= 15 is 0 Å². The molecule has 1 saturated heterocycles. The third-order valence-corrected chi connectivity index (χ3v) is 3.81. The van der Waals surface area contributed by atoms with Gasteiger partial charge in [-0.15, -0.1) is 0 Å². The SMILES string of the molecule is Fc1ccc(CC2COC(C3CCNCC3)=N2)cc1. The minimum Gasteiger partial charge on any atom is -0.478 e. The van der Waals surface area contributed by atoms with E-state index in [0.29, 0.717) is 12.5 Å². The molecule has 1 fully saturated rings. The van der Waals surface area contributed by atoms with E-state index in [4.69, 9.17) is 9.73 Å². The van der Waals surface area contributed by atoms with Gasteiger partial charge in [-0.3, -0.25) is 0 Å². The Morgan fingerprint density at radius 1 is 1.21 bits per heavy atom.